The van der Waals surface area contributed by atoms with E-state index in [1.54, 1.807) is 23.0 Å². The van der Waals surface area contributed by atoms with Gasteiger partial charge < -0.3 is 5.32 Å². The Labute approximate surface area is 196 Å². The summed E-state index contributed by atoms with van der Waals surface area (Å²) in [5.41, 5.74) is 1.56. The Kier molecular flexibility index (Phi) is 7.03. The monoisotopic (exact) mass is 490 g/mol. The Morgan fingerprint density at radius 3 is 2.94 bits per heavy atom. The second-order valence-corrected chi connectivity index (χ2v) is 9.60. The molecule has 33 heavy (non-hydrogen) atoms. The molecular weight excluding hydrogens is 468 g/mol. The van der Waals surface area contributed by atoms with Crippen LogP contribution >= 0.6 is 11.6 Å². The van der Waals surface area contributed by atoms with Crippen molar-refractivity contribution in [2.45, 2.75) is 31.8 Å². The number of hydrogen-bond donors (Lipinski definition) is 2. The molecule has 1 saturated carbocycles. The Morgan fingerprint density at radius 2 is 2.15 bits per heavy atom. The summed E-state index contributed by atoms with van der Waals surface area (Å²) in [6, 6.07) is 9.11. The summed E-state index contributed by atoms with van der Waals surface area (Å²) in [6.45, 7) is 0.519. The number of ketones is 1. The molecule has 0 saturated heterocycles. The Morgan fingerprint density at radius 1 is 1.30 bits per heavy atom. The highest BCUT2D eigenvalue weighted by molar-refractivity contribution is 7.84. The van der Waals surface area contributed by atoms with E-state index in [9.17, 15) is 13.2 Å². The fourth-order valence-electron chi connectivity index (χ4n) is 3.88. The van der Waals surface area contributed by atoms with Crippen LogP contribution in [0.3, 0.4) is 0 Å². The van der Waals surface area contributed by atoms with Crippen LogP contribution in [0.4, 0.5) is 5.82 Å². The van der Waals surface area contributed by atoms with Crippen molar-refractivity contribution in [2.75, 3.05) is 11.9 Å². The van der Waals surface area contributed by atoms with Crippen LogP contribution in [0.15, 0.2) is 49.1 Å². The normalized spacial score (nSPS) is 18.4. The Bertz CT molecular complexity index is 1250. The van der Waals surface area contributed by atoms with Crippen LogP contribution in [-0.2, 0) is 21.0 Å². The van der Waals surface area contributed by atoms with Gasteiger partial charge in [0, 0.05) is 23.5 Å². The minimum atomic E-state index is -3.96. The molecule has 2 heterocycles. The number of hydrogen-bond acceptors (Lipinski definition) is 8. The molecule has 0 spiro atoms. The molecule has 4 rings (SSSR count). The lowest BCUT2D eigenvalue weighted by molar-refractivity contribution is 0.103. The van der Waals surface area contributed by atoms with Crippen LogP contribution in [0.25, 0.3) is 0 Å². The van der Waals surface area contributed by atoms with Crippen LogP contribution in [0.5, 0.6) is 0 Å². The average Bonchev–Trinajstić information content (AvgIpc) is 3.41. The summed E-state index contributed by atoms with van der Waals surface area (Å²) < 4.78 is 28.4. The van der Waals surface area contributed by atoms with Gasteiger partial charge in [0.15, 0.2) is 0 Å². The largest absolute Gasteiger partial charge is 0.367 e. The highest BCUT2D eigenvalue weighted by atomic mass is 35.5. The summed E-state index contributed by atoms with van der Waals surface area (Å²) in [7, 11) is -3.96. The maximum Gasteiger partial charge on any atom is 0.333 e. The van der Waals surface area contributed by atoms with E-state index in [4.69, 9.17) is 20.9 Å². The molecule has 2 unspecified atom stereocenters. The summed E-state index contributed by atoms with van der Waals surface area (Å²) in [5, 5.41) is 13.2. The molecule has 3 N–H and O–H groups in total. The molecule has 10 nitrogen and oxygen atoms in total. The molecule has 2 atom stereocenters. The molecule has 1 aliphatic carbocycles. The zero-order valence-corrected chi connectivity index (χ0v) is 19.2. The number of benzene rings is 1. The standard InChI is InChI=1S/C21H23ClN6O4S/c22-16-3-1-2-14(8-16)11-28-7-6-19(27-28)20(29)18-10-24-13-25-21(18)26-17-5-4-15(9-17)12-32-33(23,30)31/h1-3,6-8,10,13,15,17H,4-5,9,11-12H2,(H2,23,30,31)(H,24,25,26). The van der Waals surface area contributed by atoms with E-state index in [2.05, 4.69) is 20.4 Å². The summed E-state index contributed by atoms with van der Waals surface area (Å²) >= 11 is 6.04. The number of nitrogens with zero attached hydrogens (tertiary/aromatic N) is 4. The minimum Gasteiger partial charge on any atom is -0.367 e. The molecule has 1 aromatic carbocycles. The first-order chi connectivity index (χ1) is 15.8. The van der Waals surface area contributed by atoms with Gasteiger partial charge in [-0.15, -0.1) is 0 Å². The third kappa shape index (κ3) is 6.35. The number of carbonyl (C=O) groups excluding carboxylic acids is 1. The third-order valence-corrected chi connectivity index (χ3v) is 6.11. The van der Waals surface area contributed by atoms with Crippen molar-refractivity contribution < 1.29 is 17.4 Å². The molecule has 0 bridgehead atoms. The number of nitrogens with two attached hydrogens (primary N) is 1. The fraction of sp³-hybridized carbons (Fsp3) is 0.333. The van der Waals surface area contributed by atoms with Crippen molar-refractivity contribution >= 4 is 33.5 Å². The van der Waals surface area contributed by atoms with E-state index in [-0.39, 0.29) is 30.0 Å². The molecule has 2 aromatic heterocycles. The average molecular weight is 491 g/mol. The number of anilines is 1. The lowest BCUT2D eigenvalue weighted by atomic mass is 10.1. The van der Waals surface area contributed by atoms with Gasteiger partial charge in [0.2, 0.25) is 5.78 Å². The van der Waals surface area contributed by atoms with Gasteiger partial charge in [0.1, 0.15) is 17.8 Å². The first-order valence-corrected chi connectivity index (χ1v) is 12.2. The van der Waals surface area contributed by atoms with E-state index < -0.39 is 10.3 Å². The lowest BCUT2D eigenvalue weighted by Gasteiger charge is -2.15. The highest BCUT2D eigenvalue weighted by Crippen LogP contribution is 2.29. The van der Waals surface area contributed by atoms with E-state index in [0.717, 1.165) is 18.4 Å². The Hall–Kier alpha value is -2.86. The van der Waals surface area contributed by atoms with Crippen LogP contribution in [-0.4, -0.2) is 46.6 Å². The van der Waals surface area contributed by atoms with Crippen molar-refractivity contribution in [2.24, 2.45) is 11.1 Å². The second-order valence-electron chi connectivity index (χ2n) is 7.94. The van der Waals surface area contributed by atoms with Crippen molar-refractivity contribution in [1.29, 1.82) is 0 Å². The zero-order valence-electron chi connectivity index (χ0n) is 17.6. The van der Waals surface area contributed by atoms with Crippen LogP contribution < -0.4 is 10.5 Å². The van der Waals surface area contributed by atoms with E-state index in [1.807, 2.05) is 18.2 Å². The van der Waals surface area contributed by atoms with Crippen LogP contribution in [0.1, 0.15) is 40.9 Å². The topological polar surface area (TPSA) is 142 Å². The molecule has 1 aliphatic rings. The third-order valence-electron chi connectivity index (χ3n) is 5.41. The van der Waals surface area contributed by atoms with Crippen molar-refractivity contribution in [3.63, 3.8) is 0 Å². The van der Waals surface area contributed by atoms with Crippen molar-refractivity contribution in [1.82, 2.24) is 19.7 Å². The first kappa shape index (κ1) is 23.3. The zero-order chi connectivity index (χ0) is 23.4. The Balaban J connectivity index is 1.42. The van der Waals surface area contributed by atoms with Crippen molar-refractivity contribution in [3.05, 3.63) is 70.9 Å². The molecule has 1 fully saturated rings. The number of nitrogens with one attached hydrogen (secondary N) is 1. The van der Waals surface area contributed by atoms with Crippen LogP contribution in [0.2, 0.25) is 5.02 Å². The molecular formula is C21H23ClN6O4S. The van der Waals surface area contributed by atoms with Crippen molar-refractivity contribution in [3.8, 4) is 0 Å². The summed E-state index contributed by atoms with van der Waals surface area (Å²) in [6.07, 6.45) is 6.79. The molecule has 174 valence electrons. The van der Waals surface area contributed by atoms with Gasteiger partial charge in [-0.3, -0.25) is 13.7 Å². The van der Waals surface area contributed by atoms with E-state index >= 15 is 0 Å². The summed E-state index contributed by atoms with van der Waals surface area (Å²) in [5.74, 6) is 0.163. The van der Waals surface area contributed by atoms with Gasteiger partial charge in [0.25, 0.3) is 0 Å². The molecule has 0 aliphatic heterocycles. The van der Waals surface area contributed by atoms with Gasteiger partial charge in [-0.2, -0.15) is 13.5 Å². The fourth-order valence-corrected chi connectivity index (χ4v) is 4.48. The maximum atomic E-state index is 13.1. The molecule has 0 radical (unpaired) electrons. The molecule has 3 aromatic rings. The van der Waals surface area contributed by atoms with Gasteiger partial charge >= 0.3 is 10.3 Å². The molecule has 12 heteroatoms. The van der Waals surface area contributed by atoms with Gasteiger partial charge in [-0.1, -0.05) is 23.7 Å². The highest BCUT2D eigenvalue weighted by Gasteiger charge is 2.28. The molecule has 0 amide bonds. The van der Waals surface area contributed by atoms with E-state index in [0.29, 0.717) is 29.4 Å². The maximum absolute atomic E-state index is 13.1. The number of halogens is 1. The predicted octanol–water partition coefficient (Wildman–Crippen LogP) is 2.41. The van der Waals surface area contributed by atoms with Crippen LogP contribution in [0, 0.1) is 5.92 Å². The first-order valence-electron chi connectivity index (χ1n) is 10.3. The number of aromatic nitrogens is 4. The number of carbonyl (C=O) groups is 1. The smallest absolute Gasteiger partial charge is 0.333 e. The van der Waals surface area contributed by atoms with Gasteiger partial charge in [0.05, 0.1) is 18.7 Å². The SMILES string of the molecule is NS(=O)(=O)OCC1CCC(Nc2ncncc2C(=O)c2ccn(Cc3cccc(Cl)c3)n2)C1. The van der Waals surface area contributed by atoms with Gasteiger partial charge in [-0.25, -0.2) is 15.1 Å². The second kappa shape index (κ2) is 9.96. The number of rotatable bonds is 9. The lowest BCUT2D eigenvalue weighted by Crippen LogP contribution is -2.22. The quantitative estimate of drug-likeness (QED) is 0.435. The van der Waals surface area contributed by atoms with Gasteiger partial charge in [-0.05, 0) is 48.9 Å². The van der Waals surface area contributed by atoms with E-state index in [1.165, 1.54) is 12.5 Å². The summed E-state index contributed by atoms with van der Waals surface area (Å²) in [4.78, 5) is 21.4. The minimum absolute atomic E-state index is 0.0147. The predicted molar refractivity (Wildman–Crippen MR) is 122 cm³/mol.